The fourth-order valence-electron chi connectivity index (χ4n) is 2.27. The van der Waals surface area contributed by atoms with Gasteiger partial charge in [0.15, 0.2) is 5.96 Å². The van der Waals surface area contributed by atoms with Gasteiger partial charge in [0.05, 0.1) is 0 Å². The Kier molecular flexibility index (Phi) is 7.65. The predicted octanol–water partition coefficient (Wildman–Crippen LogP) is 3.29. The van der Waals surface area contributed by atoms with Crippen LogP contribution in [-0.4, -0.2) is 25.6 Å². The van der Waals surface area contributed by atoms with Gasteiger partial charge in [-0.3, -0.25) is 4.99 Å². The van der Waals surface area contributed by atoms with Crippen molar-refractivity contribution in [2.45, 2.75) is 31.7 Å². The minimum atomic E-state index is 0. The average Bonchev–Trinajstić information content (AvgIpc) is 2.97. The third kappa shape index (κ3) is 5.15. The van der Waals surface area contributed by atoms with E-state index in [4.69, 9.17) is 0 Å². The monoisotopic (exact) mass is 385 g/mol. The van der Waals surface area contributed by atoms with E-state index >= 15 is 0 Å². The third-order valence-electron chi connectivity index (χ3n) is 3.52. The Hall–Kier alpha value is -1.04. The van der Waals surface area contributed by atoms with Crippen molar-refractivity contribution in [3.05, 3.63) is 48.0 Å². The summed E-state index contributed by atoms with van der Waals surface area (Å²) in [6.07, 6.45) is 6.62. The van der Waals surface area contributed by atoms with Crippen LogP contribution >= 0.6 is 24.0 Å². The smallest absolute Gasteiger partial charge is 0.191 e. The van der Waals surface area contributed by atoms with Gasteiger partial charge in [-0.1, -0.05) is 49.4 Å². The van der Waals surface area contributed by atoms with Crippen molar-refractivity contribution in [2.75, 3.05) is 13.6 Å². The van der Waals surface area contributed by atoms with Gasteiger partial charge in [-0.25, -0.2) is 0 Å². The zero-order valence-electron chi connectivity index (χ0n) is 12.2. The van der Waals surface area contributed by atoms with E-state index in [0.717, 1.165) is 25.3 Å². The van der Waals surface area contributed by atoms with Gasteiger partial charge >= 0.3 is 0 Å². The second-order valence-corrected chi connectivity index (χ2v) is 5.05. The second-order valence-electron chi connectivity index (χ2n) is 5.05. The standard InChI is InChI=1S/C16H23N3.HI/c1-13(14-8-4-3-5-9-14)12-18-16(17-2)19-15-10-6-7-11-15;/h3-9,13,15H,10-12H2,1-2H3,(H2,17,18,19);1H. The first-order valence-corrected chi connectivity index (χ1v) is 6.96. The predicted molar refractivity (Wildman–Crippen MR) is 96.9 cm³/mol. The van der Waals surface area contributed by atoms with Gasteiger partial charge in [-0.2, -0.15) is 0 Å². The number of nitrogens with zero attached hydrogens (tertiary/aromatic N) is 1. The van der Waals surface area contributed by atoms with Crippen molar-refractivity contribution in [1.29, 1.82) is 0 Å². The fraction of sp³-hybridized carbons (Fsp3) is 0.438. The molecule has 0 saturated carbocycles. The summed E-state index contributed by atoms with van der Waals surface area (Å²) in [5, 5.41) is 6.85. The van der Waals surface area contributed by atoms with Crippen molar-refractivity contribution in [1.82, 2.24) is 10.6 Å². The molecule has 2 N–H and O–H groups in total. The van der Waals surface area contributed by atoms with Crippen LogP contribution in [0.3, 0.4) is 0 Å². The molecule has 20 heavy (non-hydrogen) atoms. The van der Waals surface area contributed by atoms with Crippen LogP contribution in [0.5, 0.6) is 0 Å². The van der Waals surface area contributed by atoms with Crippen LogP contribution in [0.2, 0.25) is 0 Å². The van der Waals surface area contributed by atoms with Crippen LogP contribution < -0.4 is 10.6 Å². The molecule has 1 aromatic rings. The Bertz CT molecular complexity index is 434. The molecule has 1 unspecified atom stereocenters. The molecule has 0 radical (unpaired) electrons. The molecule has 110 valence electrons. The van der Waals surface area contributed by atoms with Crippen LogP contribution in [0, 0.1) is 0 Å². The van der Waals surface area contributed by atoms with Crippen molar-refractivity contribution in [2.24, 2.45) is 4.99 Å². The number of benzene rings is 1. The molecule has 1 aromatic carbocycles. The number of hydrogen-bond acceptors (Lipinski definition) is 1. The minimum Gasteiger partial charge on any atom is -0.356 e. The second kappa shape index (κ2) is 9.00. The molecule has 0 heterocycles. The number of halogens is 1. The maximum absolute atomic E-state index is 4.28. The van der Waals surface area contributed by atoms with Gasteiger partial charge in [0.2, 0.25) is 0 Å². The summed E-state index contributed by atoms with van der Waals surface area (Å²) in [5.41, 5.74) is 1.35. The summed E-state index contributed by atoms with van der Waals surface area (Å²) in [6.45, 7) is 3.12. The summed E-state index contributed by atoms with van der Waals surface area (Å²) in [5.74, 6) is 1.37. The normalized spacial score (nSPS) is 16.6. The molecule has 0 spiro atoms. The molecule has 2 rings (SSSR count). The Balaban J connectivity index is 0.00000200. The van der Waals surface area contributed by atoms with Gasteiger partial charge in [-0.15, -0.1) is 24.0 Å². The molecule has 0 aromatic heterocycles. The highest BCUT2D eigenvalue weighted by Crippen LogP contribution is 2.13. The molecule has 0 fully saturated rings. The van der Waals surface area contributed by atoms with Crippen LogP contribution in [0.1, 0.15) is 31.2 Å². The molecular weight excluding hydrogens is 361 g/mol. The van der Waals surface area contributed by atoms with E-state index in [1.165, 1.54) is 5.56 Å². The lowest BCUT2D eigenvalue weighted by Gasteiger charge is -2.19. The van der Waals surface area contributed by atoms with Gasteiger partial charge in [0.25, 0.3) is 0 Å². The quantitative estimate of drug-likeness (QED) is 0.361. The zero-order chi connectivity index (χ0) is 13.5. The summed E-state index contributed by atoms with van der Waals surface area (Å²) >= 11 is 0. The number of hydrogen-bond donors (Lipinski definition) is 2. The lowest BCUT2D eigenvalue weighted by Crippen LogP contribution is -2.43. The topological polar surface area (TPSA) is 36.4 Å². The number of rotatable bonds is 4. The highest BCUT2D eigenvalue weighted by atomic mass is 127. The number of aliphatic imine (C=N–C) groups is 1. The third-order valence-corrected chi connectivity index (χ3v) is 3.52. The van der Waals surface area contributed by atoms with E-state index in [1.807, 2.05) is 7.05 Å². The van der Waals surface area contributed by atoms with E-state index in [0.29, 0.717) is 12.0 Å². The Morgan fingerprint density at radius 3 is 2.50 bits per heavy atom. The molecule has 0 saturated heterocycles. The number of nitrogens with one attached hydrogen (secondary N) is 2. The molecule has 0 aliphatic heterocycles. The van der Waals surface area contributed by atoms with Crippen LogP contribution in [-0.2, 0) is 0 Å². The summed E-state index contributed by atoms with van der Waals surface area (Å²) < 4.78 is 0. The Morgan fingerprint density at radius 1 is 1.25 bits per heavy atom. The van der Waals surface area contributed by atoms with Crippen LogP contribution in [0.15, 0.2) is 47.5 Å². The lowest BCUT2D eigenvalue weighted by atomic mass is 10.0. The lowest BCUT2D eigenvalue weighted by molar-refractivity contribution is 0.621. The molecule has 0 amide bonds. The van der Waals surface area contributed by atoms with Gasteiger partial charge < -0.3 is 10.6 Å². The molecule has 3 nitrogen and oxygen atoms in total. The highest BCUT2D eigenvalue weighted by molar-refractivity contribution is 14.0. The van der Waals surface area contributed by atoms with Crippen molar-refractivity contribution in [3.8, 4) is 0 Å². The largest absolute Gasteiger partial charge is 0.356 e. The summed E-state index contributed by atoms with van der Waals surface area (Å²) in [6, 6.07) is 11.1. The Morgan fingerprint density at radius 2 is 1.90 bits per heavy atom. The molecule has 4 heteroatoms. The van der Waals surface area contributed by atoms with Gasteiger partial charge in [-0.05, 0) is 24.3 Å². The molecule has 1 aliphatic carbocycles. The summed E-state index contributed by atoms with van der Waals surface area (Å²) in [7, 11) is 1.82. The Labute approximate surface area is 139 Å². The maximum atomic E-state index is 4.28. The molecular formula is C16H24IN3. The first-order chi connectivity index (χ1) is 9.29. The minimum absolute atomic E-state index is 0. The van der Waals surface area contributed by atoms with E-state index in [9.17, 15) is 0 Å². The van der Waals surface area contributed by atoms with Crippen molar-refractivity contribution < 1.29 is 0 Å². The molecule has 1 atom stereocenters. The summed E-state index contributed by atoms with van der Waals surface area (Å²) in [4.78, 5) is 4.28. The zero-order valence-corrected chi connectivity index (χ0v) is 14.5. The van der Waals surface area contributed by atoms with Crippen molar-refractivity contribution >= 4 is 29.9 Å². The first kappa shape index (κ1) is 17.0. The van der Waals surface area contributed by atoms with Crippen molar-refractivity contribution in [3.63, 3.8) is 0 Å². The highest BCUT2D eigenvalue weighted by Gasteiger charge is 2.12. The van der Waals surface area contributed by atoms with Crippen LogP contribution in [0.4, 0.5) is 0 Å². The maximum Gasteiger partial charge on any atom is 0.191 e. The first-order valence-electron chi connectivity index (χ1n) is 6.96. The SMILES string of the molecule is CN=C(NCC(C)c1ccccc1)NC1CC=CC1.I. The van der Waals surface area contributed by atoms with Crippen LogP contribution in [0.25, 0.3) is 0 Å². The van der Waals surface area contributed by atoms with Gasteiger partial charge in [0.1, 0.15) is 0 Å². The average molecular weight is 385 g/mol. The molecule has 0 bridgehead atoms. The van der Waals surface area contributed by atoms with E-state index in [2.05, 4.69) is 65.0 Å². The molecule has 1 aliphatic rings. The van der Waals surface area contributed by atoms with E-state index in [1.54, 1.807) is 0 Å². The van der Waals surface area contributed by atoms with Gasteiger partial charge in [0, 0.05) is 19.6 Å². The fourth-order valence-corrected chi connectivity index (χ4v) is 2.27. The van der Waals surface area contributed by atoms with E-state index in [-0.39, 0.29) is 24.0 Å². The van der Waals surface area contributed by atoms with E-state index < -0.39 is 0 Å². The number of guanidine groups is 1.